The van der Waals surface area contributed by atoms with Gasteiger partial charge in [0.05, 0.1) is 12.6 Å². The molecule has 1 heterocycles. The van der Waals surface area contributed by atoms with E-state index in [0.717, 1.165) is 103 Å². The van der Waals surface area contributed by atoms with Gasteiger partial charge in [0.1, 0.15) is 5.75 Å². The van der Waals surface area contributed by atoms with E-state index in [9.17, 15) is 36.1 Å². The topological polar surface area (TPSA) is 66.8 Å². The SMILES string of the molecule is CC12CCC3c4ccc(OC(=O)CN5CCCC5)cc4CC(CCCCCCCCCS(=O)CCCC(F)(F)C(F)(F)F)C3C1CCC2O. The zero-order valence-corrected chi connectivity index (χ0v) is 29.9. The van der Waals surface area contributed by atoms with Crippen molar-refractivity contribution in [3.05, 3.63) is 29.3 Å². The Kier molecular flexibility index (Phi) is 13.3. The largest absolute Gasteiger partial charge is 0.453 e. The van der Waals surface area contributed by atoms with Crippen LogP contribution in [-0.2, 0) is 22.0 Å². The molecule has 278 valence electrons. The van der Waals surface area contributed by atoms with Gasteiger partial charge in [0.2, 0.25) is 0 Å². The van der Waals surface area contributed by atoms with Crippen LogP contribution in [0.25, 0.3) is 0 Å². The number of fused-ring (bicyclic) bond motifs is 5. The van der Waals surface area contributed by atoms with Crippen LogP contribution in [0.1, 0.15) is 127 Å². The maximum atomic E-state index is 13.0. The standard InChI is InChI=1S/C38H56F5NO4S/c1-36-19-17-31-30-14-13-29(48-34(46)26-44-20-8-9-21-44)25-28(30)24-27(35(31)32(36)15-16-33(36)45)12-7-5-3-2-4-6-10-22-49(47)23-11-18-37(39,40)38(41,42)43/h13-14,25,27,31-33,35,45H,2-12,15-24,26H2,1H3. The summed E-state index contributed by atoms with van der Waals surface area (Å²) < 4.78 is 80.8. The minimum atomic E-state index is -5.55. The third-order valence-corrected chi connectivity index (χ3v) is 13.8. The Morgan fingerprint density at radius 1 is 0.959 bits per heavy atom. The number of alkyl halides is 5. The highest BCUT2D eigenvalue weighted by molar-refractivity contribution is 7.84. The number of unbranched alkanes of at least 4 members (excludes halogenated alkanes) is 6. The van der Waals surface area contributed by atoms with Crippen molar-refractivity contribution in [2.24, 2.45) is 23.2 Å². The van der Waals surface area contributed by atoms with Gasteiger partial charge in [0.15, 0.2) is 0 Å². The van der Waals surface area contributed by atoms with Gasteiger partial charge in [0.25, 0.3) is 0 Å². The number of halogens is 5. The van der Waals surface area contributed by atoms with Gasteiger partial charge in [-0.15, -0.1) is 0 Å². The van der Waals surface area contributed by atoms with Crippen LogP contribution in [0.2, 0.25) is 0 Å². The van der Waals surface area contributed by atoms with E-state index >= 15 is 0 Å². The lowest BCUT2D eigenvalue weighted by Crippen LogP contribution is -2.47. The first-order valence-corrected chi connectivity index (χ1v) is 20.3. The summed E-state index contributed by atoms with van der Waals surface area (Å²) in [4.78, 5) is 14.8. The van der Waals surface area contributed by atoms with Crippen molar-refractivity contribution in [1.29, 1.82) is 0 Å². The van der Waals surface area contributed by atoms with Crippen molar-refractivity contribution in [2.45, 2.75) is 140 Å². The molecule has 7 unspecified atom stereocenters. The Morgan fingerprint density at radius 3 is 2.35 bits per heavy atom. The Bertz CT molecular complexity index is 1270. The Morgan fingerprint density at radius 2 is 1.63 bits per heavy atom. The van der Waals surface area contributed by atoms with Crippen LogP contribution in [0.3, 0.4) is 0 Å². The van der Waals surface area contributed by atoms with Gasteiger partial charge in [-0.1, -0.05) is 51.5 Å². The molecule has 3 fully saturated rings. The molecule has 1 saturated heterocycles. The second kappa shape index (κ2) is 16.8. The Labute approximate surface area is 291 Å². The highest BCUT2D eigenvalue weighted by Gasteiger charge is 2.57. The number of ether oxygens (including phenoxy) is 1. The molecule has 1 aromatic carbocycles. The maximum absolute atomic E-state index is 13.0. The highest BCUT2D eigenvalue weighted by Crippen LogP contribution is 2.62. The summed E-state index contributed by atoms with van der Waals surface area (Å²) in [5, 5.41) is 11.0. The van der Waals surface area contributed by atoms with Crippen molar-refractivity contribution in [3.63, 3.8) is 0 Å². The summed E-state index contributed by atoms with van der Waals surface area (Å²) in [5.41, 5.74) is 2.70. The molecule has 3 aliphatic carbocycles. The normalized spacial score (nSPS) is 29.3. The number of esters is 1. The molecule has 49 heavy (non-hydrogen) atoms. The predicted molar refractivity (Wildman–Crippen MR) is 182 cm³/mol. The van der Waals surface area contributed by atoms with Crippen LogP contribution >= 0.6 is 0 Å². The Balaban J connectivity index is 1.07. The van der Waals surface area contributed by atoms with E-state index in [1.807, 2.05) is 6.07 Å². The molecule has 7 atom stereocenters. The number of hydrogen-bond donors (Lipinski definition) is 1. The molecular weight excluding hydrogens is 661 g/mol. The number of aliphatic hydroxyl groups is 1. The molecule has 0 spiro atoms. The molecule has 0 amide bonds. The van der Waals surface area contributed by atoms with Crippen molar-refractivity contribution in [1.82, 2.24) is 4.90 Å². The van der Waals surface area contributed by atoms with E-state index in [1.165, 1.54) is 11.1 Å². The number of rotatable bonds is 17. The monoisotopic (exact) mass is 717 g/mol. The lowest BCUT2D eigenvalue weighted by atomic mass is 9.52. The lowest BCUT2D eigenvalue weighted by molar-refractivity contribution is -0.284. The summed E-state index contributed by atoms with van der Waals surface area (Å²) >= 11 is 0. The number of carbonyl (C=O) groups excluding carboxylic acids is 1. The first-order chi connectivity index (χ1) is 23.3. The average Bonchev–Trinajstić information content (AvgIpc) is 3.66. The molecule has 1 aliphatic heterocycles. The van der Waals surface area contributed by atoms with Gasteiger partial charge in [0, 0.05) is 28.7 Å². The van der Waals surface area contributed by atoms with Crippen LogP contribution in [0.4, 0.5) is 22.0 Å². The van der Waals surface area contributed by atoms with E-state index in [-0.39, 0.29) is 23.2 Å². The lowest BCUT2D eigenvalue weighted by Gasteiger charge is -2.53. The first kappa shape index (κ1) is 38.6. The zero-order chi connectivity index (χ0) is 35.2. The molecule has 0 radical (unpaired) electrons. The van der Waals surface area contributed by atoms with E-state index in [4.69, 9.17) is 4.74 Å². The predicted octanol–water partition coefficient (Wildman–Crippen LogP) is 8.98. The second-order valence-corrected chi connectivity index (χ2v) is 17.3. The number of aliphatic hydroxyl groups excluding tert-OH is 1. The molecular formula is C38H56F5NO4S. The fourth-order valence-electron chi connectivity index (χ4n) is 9.62. The van der Waals surface area contributed by atoms with E-state index in [2.05, 4.69) is 24.0 Å². The highest BCUT2D eigenvalue weighted by atomic mass is 32.2. The van der Waals surface area contributed by atoms with Crippen LogP contribution in [0, 0.1) is 23.2 Å². The van der Waals surface area contributed by atoms with Crippen LogP contribution in [0.5, 0.6) is 5.75 Å². The quantitative estimate of drug-likeness (QED) is 0.0755. The summed E-state index contributed by atoms with van der Waals surface area (Å²) in [5.74, 6) is -1.99. The van der Waals surface area contributed by atoms with Crippen LogP contribution in [-0.4, -0.2) is 69.5 Å². The van der Waals surface area contributed by atoms with Gasteiger partial charge in [-0.05, 0) is 130 Å². The van der Waals surface area contributed by atoms with Gasteiger partial charge >= 0.3 is 18.1 Å². The summed E-state index contributed by atoms with van der Waals surface area (Å²) in [6.07, 6.45) is 7.94. The van der Waals surface area contributed by atoms with E-state index in [1.54, 1.807) is 0 Å². The summed E-state index contributed by atoms with van der Waals surface area (Å²) in [6.45, 7) is 4.55. The fourth-order valence-corrected chi connectivity index (χ4v) is 10.8. The summed E-state index contributed by atoms with van der Waals surface area (Å²) in [6, 6.07) is 6.30. The van der Waals surface area contributed by atoms with Gasteiger partial charge < -0.3 is 9.84 Å². The third-order valence-electron chi connectivity index (χ3n) is 12.3. The van der Waals surface area contributed by atoms with Crippen molar-refractivity contribution in [2.75, 3.05) is 31.1 Å². The molecule has 4 aliphatic rings. The smallest absolute Gasteiger partial charge is 0.426 e. The zero-order valence-electron chi connectivity index (χ0n) is 29.1. The minimum absolute atomic E-state index is 0.0141. The van der Waals surface area contributed by atoms with Crippen molar-refractivity contribution in [3.8, 4) is 5.75 Å². The molecule has 1 N–H and O–H groups in total. The van der Waals surface area contributed by atoms with E-state index < -0.39 is 35.7 Å². The number of hydrogen-bond acceptors (Lipinski definition) is 5. The number of carbonyl (C=O) groups is 1. The maximum Gasteiger partial charge on any atom is 0.453 e. The Hall–Kier alpha value is -1.59. The van der Waals surface area contributed by atoms with Crippen LogP contribution in [0.15, 0.2) is 18.2 Å². The molecule has 5 rings (SSSR count). The van der Waals surface area contributed by atoms with Crippen molar-refractivity contribution >= 4 is 16.8 Å². The second-order valence-electron chi connectivity index (χ2n) is 15.6. The summed E-state index contributed by atoms with van der Waals surface area (Å²) in [7, 11) is -1.37. The van der Waals surface area contributed by atoms with E-state index in [0.29, 0.717) is 48.1 Å². The minimum Gasteiger partial charge on any atom is -0.426 e. The molecule has 11 heteroatoms. The average molecular weight is 718 g/mol. The number of benzene rings is 1. The van der Waals surface area contributed by atoms with Gasteiger partial charge in [-0.3, -0.25) is 13.9 Å². The van der Waals surface area contributed by atoms with Gasteiger partial charge in [-0.25, -0.2) is 0 Å². The fraction of sp³-hybridized carbons (Fsp3) is 0.816. The number of nitrogens with zero attached hydrogens (tertiary/aromatic N) is 1. The molecule has 2 saturated carbocycles. The number of likely N-dealkylation sites (tertiary alicyclic amines) is 1. The molecule has 5 nitrogen and oxygen atoms in total. The third kappa shape index (κ3) is 9.65. The van der Waals surface area contributed by atoms with Crippen LogP contribution < -0.4 is 4.74 Å². The first-order valence-electron chi connectivity index (χ1n) is 18.8. The molecule has 1 aromatic rings. The molecule has 0 bridgehead atoms. The molecule has 0 aromatic heterocycles. The van der Waals surface area contributed by atoms with Gasteiger partial charge in [-0.2, -0.15) is 22.0 Å². The van der Waals surface area contributed by atoms with Crippen molar-refractivity contribution < 1.29 is 40.8 Å².